The van der Waals surface area contributed by atoms with Crippen LogP contribution in [0, 0.1) is 22.7 Å². The van der Waals surface area contributed by atoms with Gasteiger partial charge in [0.15, 0.2) is 11.2 Å². The highest BCUT2D eigenvalue weighted by molar-refractivity contribution is 6.18. The van der Waals surface area contributed by atoms with Crippen LogP contribution in [0.4, 0.5) is 0 Å². The van der Waals surface area contributed by atoms with E-state index in [0.29, 0.717) is 22.3 Å². The summed E-state index contributed by atoms with van der Waals surface area (Å²) in [6.07, 6.45) is 6.21. The minimum atomic E-state index is 0.476. The minimum Gasteiger partial charge on any atom is -0.460 e. The van der Waals surface area contributed by atoms with E-state index in [1.165, 1.54) is 0 Å². The summed E-state index contributed by atoms with van der Waals surface area (Å²) >= 11 is 0. The highest BCUT2D eigenvalue weighted by Crippen LogP contribution is 2.45. The van der Waals surface area contributed by atoms with Gasteiger partial charge in [0.2, 0.25) is 0 Å². The Hall–Kier alpha value is -6.04. The first kappa shape index (κ1) is 23.6. The van der Waals surface area contributed by atoms with Gasteiger partial charge in [0.1, 0.15) is 17.4 Å². The lowest BCUT2D eigenvalue weighted by molar-refractivity contribution is 0.547. The molecular weight excluding hydrogens is 530 g/mol. The molecule has 3 aromatic heterocycles. The Labute approximate surface area is 245 Å². The standard InChI is InChI=1S/C38H21N3O2/c39-20-22-15-17-25-24-7-1-3-12-31(24)41(33(25)19-22)32-13-6-11-30-35-27(18-16-23(21-40)36(35)43-38(30)32)29-10-5-9-28-26-8-2-4-14-34(26)42-37(28)29/h1-3,5-13,15-19H,4,14H2. The maximum atomic E-state index is 10.1. The molecule has 0 N–H and O–H groups in total. The van der Waals surface area contributed by atoms with Gasteiger partial charge in [-0.05, 0) is 42.3 Å². The van der Waals surface area contributed by atoms with Crippen molar-refractivity contribution in [2.75, 3.05) is 0 Å². The van der Waals surface area contributed by atoms with E-state index in [0.717, 1.165) is 84.5 Å². The second-order valence-electron chi connectivity index (χ2n) is 11.0. The molecule has 1 aliphatic rings. The van der Waals surface area contributed by atoms with Crippen molar-refractivity contribution >= 4 is 60.8 Å². The number of hydrogen-bond donors (Lipinski definition) is 0. The number of fused-ring (bicyclic) bond motifs is 9. The molecule has 43 heavy (non-hydrogen) atoms. The second kappa shape index (κ2) is 8.73. The molecule has 0 radical (unpaired) electrons. The van der Waals surface area contributed by atoms with E-state index in [2.05, 4.69) is 65.3 Å². The number of para-hydroxylation sites is 3. The van der Waals surface area contributed by atoms with E-state index >= 15 is 0 Å². The van der Waals surface area contributed by atoms with Gasteiger partial charge in [-0.15, -0.1) is 0 Å². The SMILES string of the molecule is N#Cc1ccc2c3ccccc3n(-c3cccc4c3oc3c(C#N)ccc(-c5cccc6c7c(oc56)CCC=C7)c34)c2c1. The number of aryl methyl sites for hydroxylation is 1. The molecule has 0 spiro atoms. The van der Waals surface area contributed by atoms with Gasteiger partial charge in [0.25, 0.3) is 0 Å². The summed E-state index contributed by atoms with van der Waals surface area (Å²) in [6.45, 7) is 0. The third-order valence-corrected chi connectivity index (χ3v) is 8.73. The molecule has 0 bridgehead atoms. The van der Waals surface area contributed by atoms with E-state index in [1.807, 2.05) is 54.6 Å². The lowest BCUT2D eigenvalue weighted by atomic mass is 9.95. The van der Waals surface area contributed by atoms with Gasteiger partial charge in [-0.2, -0.15) is 10.5 Å². The van der Waals surface area contributed by atoms with Crippen LogP contribution in [0.1, 0.15) is 28.9 Å². The van der Waals surface area contributed by atoms with Crippen LogP contribution in [-0.2, 0) is 6.42 Å². The van der Waals surface area contributed by atoms with E-state index < -0.39 is 0 Å². The van der Waals surface area contributed by atoms with Crippen molar-refractivity contribution in [3.8, 4) is 29.0 Å². The fourth-order valence-corrected chi connectivity index (χ4v) is 6.86. The zero-order chi connectivity index (χ0) is 28.7. The lowest BCUT2D eigenvalue weighted by Gasteiger charge is -2.09. The zero-order valence-corrected chi connectivity index (χ0v) is 22.9. The van der Waals surface area contributed by atoms with Crippen LogP contribution in [0.15, 0.2) is 106 Å². The van der Waals surface area contributed by atoms with Crippen LogP contribution in [-0.4, -0.2) is 4.57 Å². The van der Waals surface area contributed by atoms with Crippen LogP contribution in [0.5, 0.6) is 0 Å². The summed E-state index contributed by atoms with van der Waals surface area (Å²) in [5, 5.41) is 24.9. The van der Waals surface area contributed by atoms with Gasteiger partial charge in [-0.25, -0.2) is 0 Å². The molecule has 5 nitrogen and oxygen atoms in total. The maximum absolute atomic E-state index is 10.1. The molecule has 0 atom stereocenters. The fourth-order valence-electron chi connectivity index (χ4n) is 6.86. The summed E-state index contributed by atoms with van der Waals surface area (Å²) in [7, 11) is 0. The van der Waals surface area contributed by atoms with Gasteiger partial charge in [0, 0.05) is 44.5 Å². The Morgan fingerprint density at radius 1 is 0.651 bits per heavy atom. The van der Waals surface area contributed by atoms with Crippen LogP contribution in [0.2, 0.25) is 0 Å². The van der Waals surface area contributed by atoms with Crippen LogP contribution >= 0.6 is 0 Å². The molecule has 9 rings (SSSR count). The van der Waals surface area contributed by atoms with Gasteiger partial charge in [-0.1, -0.05) is 72.8 Å². The number of nitriles is 2. The molecule has 1 aliphatic carbocycles. The average Bonchev–Trinajstić information content (AvgIpc) is 3.74. The molecule has 200 valence electrons. The number of hydrogen-bond acceptors (Lipinski definition) is 4. The Morgan fingerprint density at radius 3 is 2.40 bits per heavy atom. The monoisotopic (exact) mass is 551 g/mol. The maximum Gasteiger partial charge on any atom is 0.159 e. The third-order valence-electron chi connectivity index (χ3n) is 8.73. The topological polar surface area (TPSA) is 78.8 Å². The highest BCUT2D eigenvalue weighted by atomic mass is 16.3. The summed E-state index contributed by atoms with van der Waals surface area (Å²) in [5.74, 6) is 1.01. The van der Waals surface area contributed by atoms with Crippen molar-refractivity contribution in [3.05, 3.63) is 120 Å². The number of benzene rings is 5. The summed E-state index contributed by atoms with van der Waals surface area (Å²) in [4.78, 5) is 0. The Kier molecular flexibility index (Phi) is 4.80. The van der Waals surface area contributed by atoms with E-state index in [9.17, 15) is 10.5 Å². The molecule has 3 heterocycles. The highest BCUT2D eigenvalue weighted by Gasteiger charge is 2.24. The lowest BCUT2D eigenvalue weighted by Crippen LogP contribution is -1.94. The number of rotatable bonds is 2. The van der Waals surface area contributed by atoms with Gasteiger partial charge in [0.05, 0.1) is 33.9 Å². The first-order valence-electron chi connectivity index (χ1n) is 14.3. The van der Waals surface area contributed by atoms with E-state index in [1.54, 1.807) is 0 Å². The molecule has 0 unspecified atom stereocenters. The summed E-state index contributed by atoms with van der Waals surface area (Å²) < 4.78 is 15.3. The Bertz CT molecular complexity index is 2590. The van der Waals surface area contributed by atoms with Crippen molar-refractivity contribution in [2.24, 2.45) is 0 Å². The second-order valence-corrected chi connectivity index (χ2v) is 11.0. The fraction of sp³-hybridized carbons (Fsp3) is 0.0526. The number of nitrogens with zero attached hydrogens (tertiary/aromatic N) is 3. The smallest absolute Gasteiger partial charge is 0.159 e. The predicted octanol–water partition coefficient (Wildman–Crippen LogP) is 9.80. The number of allylic oxidation sites excluding steroid dienone is 1. The quantitative estimate of drug-likeness (QED) is 0.214. The molecule has 0 aliphatic heterocycles. The molecule has 5 aromatic carbocycles. The van der Waals surface area contributed by atoms with Crippen molar-refractivity contribution in [1.82, 2.24) is 4.57 Å². The number of aromatic nitrogens is 1. The van der Waals surface area contributed by atoms with Crippen LogP contribution in [0.3, 0.4) is 0 Å². The first-order chi connectivity index (χ1) is 21.2. The molecule has 0 saturated carbocycles. The molecule has 0 amide bonds. The Balaban J connectivity index is 1.40. The van der Waals surface area contributed by atoms with E-state index in [-0.39, 0.29) is 0 Å². The normalized spacial score (nSPS) is 12.8. The summed E-state index contributed by atoms with van der Waals surface area (Å²) in [6, 6.07) is 34.9. The zero-order valence-electron chi connectivity index (χ0n) is 22.9. The molecule has 5 heteroatoms. The number of furan rings is 2. The van der Waals surface area contributed by atoms with Gasteiger partial charge in [-0.3, -0.25) is 0 Å². The minimum absolute atomic E-state index is 0.476. The van der Waals surface area contributed by atoms with Gasteiger partial charge >= 0.3 is 0 Å². The summed E-state index contributed by atoms with van der Waals surface area (Å²) in [5.41, 5.74) is 9.01. The van der Waals surface area contributed by atoms with E-state index in [4.69, 9.17) is 8.83 Å². The third kappa shape index (κ3) is 3.19. The molecule has 0 fully saturated rings. The van der Waals surface area contributed by atoms with Crippen molar-refractivity contribution < 1.29 is 8.83 Å². The Morgan fingerprint density at radius 2 is 1.49 bits per heavy atom. The molecule has 8 aromatic rings. The van der Waals surface area contributed by atoms with Crippen molar-refractivity contribution in [3.63, 3.8) is 0 Å². The van der Waals surface area contributed by atoms with Gasteiger partial charge < -0.3 is 13.4 Å². The molecular formula is C38H21N3O2. The van der Waals surface area contributed by atoms with Crippen LogP contribution in [0.25, 0.3) is 77.6 Å². The molecule has 0 saturated heterocycles. The average molecular weight is 552 g/mol. The predicted molar refractivity (Wildman–Crippen MR) is 170 cm³/mol. The van der Waals surface area contributed by atoms with Crippen LogP contribution < -0.4 is 0 Å². The first-order valence-corrected chi connectivity index (χ1v) is 14.3. The largest absolute Gasteiger partial charge is 0.460 e. The van der Waals surface area contributed by atoms with Crippen molar-refractivity contribution in [2.45, 2.75) is 12.8 Å². The van der Waals surface area contributed by atoms with Crippen molar-refractivity contribution in [1.29, 1.82) is 10.5 Å².